The summed E-state index contributed by atoms with van der Waals surface area (Å²) < 4.78 is 0. The lowest BCUT2D eigenvalue weighted by Gasteiger charge is -2.35. The number of anilines is 1. The van der Waals surface area contributed by atoms with Crippen LogP contribution in [0.2, 0.25) is 5.02 Å². The molecule has 120 valence electrons. The van der Waals surface area contributed by atoms with Crippen LogP contribution in [0.3, 0.4) is 0 Å². The molecule has 6 heteroatoms. The molecule has 2 amide bonds. The van der Waals surface area contributed by atoms with Crippen LogP contribution in [0.5, 0.6) is 0 Å². The molecule has 1 N–H and O–H groups in total. The standard InChI is InChI=1S/C16H22ClN3O2/c1-2-3-7-18-15(21)16(22)20-10-8-19(9-11-20)14-6-4-5-13(17)12-14/h4-6,12H,2-3,7-11H2,1H3,(H,18,21). The molecule has 22 heavy (non-hydrogen) atoms. The fourth-order valence-electron chi connectivity index (χ4n) is 2.44. The highest BCUT2D eigenvalue weighted by molar-refractivity contribution is 6.35. The van der Waals surface area contributed by atoms with Gasteiger partial charge < -0.3 is 15.1 Å². The van der Waals surface area contributed by atoms with Gasteiger partial charge in [0.05, 0.1) is 0 Å². The molecule has 0 bridgehead atoms. The summed E-state index contributed by atoms with van der Waals surface area (Å²) in [5.74, 6) is -0.925. The molecule has 1 aliphatic heterocycles. The molecule has 0 unspecified atom stereocenters. The Morgan fingerprint density at radius 3 is 2.59 bits per heavy atom. The first-order chi connectivity index (χ1) is 10.6. The van der Waals surface area contributed by atoms with Crippen molar-refractivity contribution in [2.75, 3.05) is 37.6 Å². The molecule has 0 aromatic heterocycles. The summed E-state index contributed by atoms with van der Waals surface area (Å²) in [7, 11) is 0. The zero-order valence-corrected chi connectivity index (χ0v) is 13.6. The predicted octanol–water partition coefficient (Wildman–Crippen LogP) is 1.90. The van der Waals surface area contributed by atoms with E-state index >= 15 is 0 Å². The zero-order valence-electron chi connectivity index (χ0n) is 12.8. The van der Waals surface area contributed by atoms with Gasteiger partial charge in [0, 0.05) is 43.4 Å². The minimum absolute atomic E-state index is 0.429. The second-order valence-electron chi connectivity index (χ2n) is 5.37. The van der Waals surface area contributed by atoms with E-state index in [9.17, 15) is 9.59 Å². The van der Waals surface area contributed by atoms with Gasteiger partial charge in [0.25, 0.3) is 0 Å². The number of nitrogens with zero attached hydrogens (tertiary/aromatic N) is 2. The molecule has 0 spiro atoms. The van der Waals surface area contributed by atoms with Crippen LogP contribution in [-0.4, -0.2) is 49.4 Å². The normalized spacial score (nSPS) is 14.8. The van der Waals surface area contributed by atoms with E-state index in [0.29, 0.717) is 37.7 Å². The van der Waals surface area contributed by atoms with Gasteiger partial charge in [-0.15, -0.1) is 0 Å². The van der Waals surface area contributed by atoms with Gasteiger partial charge in [0.15, 0.2) is 0 Å². The highest BCUT2D eigenvalue weighted by Gasteiger charge is 2.25. The Morgan fingerprint density at radius 2 is 1.95 bits per heavy atom. The van der Waals surface area contributed by atoms with E-state index in [-0.39, 0.29) is 0 Å². The Bertz CT molecular complexity index is 528. The van der Waals surface area contributed by atoms with E-state index in [2.05, 4.69) is 10.2 Å². The van der Waals surface area contributed by atoms with Gasteiger partial charge in [0.2, 0.25) is 0 Å². The van der Waals surface area contributed by atoms with Crippen LogP contribution < -0.4 is 10.2 Å². The first kappa shape index (κ1) is 16.6. The molecule has 5 nitrogen and oxygen atoms in total. The van der Waals surface area contributed by atoms with Crippen LogP contribution in [0.4, 0.5) is 5.69 Å². The number of carbonyl (C=O) groups excluding carboxylic acids is 2. The van der Waals surface area contributed by atoms with E-state index in [4.69, 9.17) is 11.6 Å². The van der Waals surface area contributed by atoms with Crippen LogP contribution in [0, 0.1) is 0 Å². The highest BCUT2D eigenvalue weighted by Crippen LogP contribution is 2.20. The monoisotopic (exact) mass is 323 g/mol. The maximum atomic E-state index is 12.1. The lowest BCUT2D eigenvalue weighted by atomic mass is 10.2. The number of halogens is 1. The predicted molar refractivity (Wildman–Crippen MR) is 88.2 cm³/mol. The van der Waals surface area contributed by atoms with Crippen molar-refractivity contribution in [3.05, 3.63) is 29.3 Å². The summed E-state index contributed by atoms with van der Waals surface area (Å²) in [5, 5.41) is 3.37. The number of benzene rings is 1. The lowest BCUT2D eigenvalue weighted by Crippen LogP contribution is -2.52. The van der Waals surface area contributed by atoms with Gasteiger partial charge in [-0.1, -0.05) is 31.0 Å². The largest absolute Gasteiger partial charge is 0.368 e. The third-order valence-corrected chi connectivity index (χ3v) is 3.99. The van der Waals surface area contributed by atoms with Gasteiger partial charge in [0.1, 0.15) is 0 Å². The molecular weight excluding hydrogens is 302 g/mol. The van der Waals surface area contributed by atoms with Crippen molar-refractivity contribution in [3.8, 4) is 0 Å². The number of amides is 2. The molecule has 0 aliphatic carbocycles. The Hall–Kier alpha value is -1.75. The first-order valence-electron chi connectivity index (χ1n) is 7.69. The molecule has 1 heterocycles. The summed E-state index contributed by atoms with van der Waals surface area (Å²) in [6.45, 7) is 5.11. The number of rotatable bonds is 4. The second kappa shape index (κ2) is 8.03. The van der Waals surface area contributed by atoms with Gasteiger partial charge >= 0.3 is 11.8 Å². The number of hydrogen-bond acceptors (Lipinski definition) is 3. The summed E-state index contributed by atoms with van der Waals surface area (Å²) in [5.41, 5.74) is 1.05. The van der Waals surface area contributed by atoms with Crippen LogP contribution in [-0.2, 0) is 9.59 Å². The zero-order chi connectivity index (χ0) is 15.9. The van der Waals surface area contributed by atoms with Crippen molar-refractivity contribution < 1.29 is 9.59 Å². The summed E-state index contributed by atoms with van der Waals surface area (Å²) in [4.78, 5) is 27.6. The van der Waals surface area contributed by atoms with E-state index in [1.165, 1.54) is 0 Å². The molecule has 0 radical (unpaired) electrons. The average molecular weight is 324 g/mol. The number of unbranched alkanes of at least 4 members (excludes halogenated alkanes) is 1. The van der Waals surface area contributed by atoms with Crippen LogP contribution in [0.1, 0.15) is 19.8 Å². The molecule has 1 fully saturated rings. The van der Waals surface area contributed by atoms with Crippen molar-refractivity contribution in [3.63, 3.8) is 0 Å². The number of nitrogens with one attached hydrogen (secondary N) is 1. The number of carbonyl (C=O) groups is 2. The van der Waals surface area contributed by atoms with Gasteiger partial charge in [-0.25, -0.2) is 0 Å². The Morgan fingerprint density at radius 1 is 1.23 bits per heavy atom. The summed E-state index contributed by atoms with van der Waals surface area (Å²) in [6.07, 6.45) is 1.88. The molecular formula is C16H22ClN3O2. The van der Waals surface area contributed by atoms with E-state index in [0.717, 1.165) is 18.5 Å². The highest BCUT2D eigenvalue weighted by atomic mass is 35.5. The third kappa shape index (κ3) is 4.37. The number of hydrogen-bond donors (Lipinski definition) is 1. The average Bonchev–Trinajstić information content (AvgIpc) is 2.54. The number of piperazine rings is 1. The Kier molecular flexibility index (Phi) is 6.07. The van der Waals surface area contributed by atoms with Gasteiger partial charge in [-0.3, -0.25) is 9.59 Å². The minimum atomic E-state index is -0.496. The van der Waals surface area contributed by atoms with E-state index < -0.39 is 11.8 Å². The van der Waals surface area contributed by atoms with Crippen LogP contribution >= 0.6 is 11.6 Å². The second-order valence-corrected chi connectivity index (χ2v) is 5.81. The molecule has 1 saturated heterocycles. The molecule has 2 rings (SSSR count). The summed E-state index contributed by atoms with van der Waals surface area (Å²) >= 11 is 6.00. The van der Waals surface area contributed by atoms with E-state index in [1.54, 1.807) is 4.90 Å². The van der Waals surface area contributed by atoms with Crippen molar-refractivity contribution in [2.24, 2.45) is 0 Å². The minimum Gasteiger partial charge on any atom is -0.368 e. The quantitative estimate of drug-likeness (QED) is 0.680. The van der Waals surface area contributed by atoms with Gasteiger partial charge in [-0.2, -0.15) is 0 Å². The van der Waals surface area contributed by atoms with Crippen LogP contribution in [0.15, 0.2) is 24.3 Å². The van der Waals surface area contributed by atoms with Crippen molar-refractivity contribution in [2.45, 2.75) is 19.8 Å². The fourth-order valence-corrected chi connectivity index (χ4v) is 2.62. The fraction of sp³-hybridized carbons (Fsp3) is 0.500. The van der Waals surface area contributed by atoms with E-state index in [1.807, 2.05) is 31.2 Å². The molecule has 0 saturated carbocycles. The van der Waals surface area contributed by atoms with Crippen LogP contribution in [0.25, 0.3) is 0 Å². The maximum absolute atomic E-state index is 12.1. The maximum Gasteiger partial charge on any atom is 0.312 e. The molecule has 1 aromatic rings. The van der Waals surface area contributed by atoms with Crippen molar-refractivity contribution in [1.82, 2.24) is 10.2 Å². The Labute approximate surface area is 136 Å². The molecule has 0 atom stereocenters. The lowest BCUT2D eigenvalue weighted by molar-refractivity contribution is -0.146. The topological polar surface area (TPSA) is 52.7 Å². The first-order valence-corrected chi connectivity index (χ1v) is 8.07. The van der Waals surface area contributed by atoms with Gasteiger partial charge in [-0.05, 0) is 24.6 Å². The molecule has 1 aromatic carbocycles. The Balaban J connectivity index is 1.84. The van der Waals surface area contributed by atoms with Crippen molar-refractivity contribution >= 4 is 29.1 Å². The molecule has 1 aliphatic rings. The SMILES string of the molecule is CCCCNC(=O)C(=O)N1CCN(c2cccc(Cl)c2)CC1. The van der Waals surface area contributed by atoms with Crippen molar-refractivity contribution in [1.29, 1.82) is 0 Å². The third-order valence-electron chi connectivity index (χ3n) is 3.75. The summed E-state index contributed by atoms with van der Waals surface area (Å²) in [6, 6.07) is 7.67. The smallest absolute Gasteiger partial charge is 0.312 e.